The maximum Gasteiger partial charge on any atom is 0.272 e. The predicted octanol–water partition coefficient (Wildman–Crippen LogP) is 2.65. The molecule has 1 saturated heterocycles. The zero-order chi connectivity index (χ0) is 18.4. The fraction of sp³-hybridized carbons (Fsp3) is 0.300. The number of ether oxygens (including phenoxy) is 1. The Morgan fingerprint density at radius 2 is 1.96 bits per heavy atom. The van der Waals surface area contributed by atoms with Gasteiger partial charge in [0.15, 0.2) is 0 Å². The molecular weight excluding hydrogens is 328 g/mol. The lowest BCUT2D eigenvalue weighted by Crippen LogP contribution is -2.49. The van der Waals surface area contributed by atoms with Gasteiger partial charge in [-0.05, 0) is 36.4 Å². The summed E-state index contributed by atoms with van der Waals surface area (Å²) in [6, 6.07) is 11.7. The zero-order valence-corrected chi connectivity index (χ0v) is 15.0. The van der Waals surface area contributed by atoms with Gasteiger partial charge in [-0.15, -0.1) is 6.58 Å². The fourth-order valence-corrected chi connectivity index (χ4v) is 2.97. The van der Waals surface area contributed by atoms with E-state index in [1.165, 1.54) is 0 Å². The van der Waals surface area contributed by atoms with Gasteiger partial charge < -0.3 is 19.9 Å². The molecule has 1 N–H and O–H groups in total. The van der Waals surface area contributed by atoms with Crippen LogP contribution in [0.1, 0.15) is 10.5 Å². The molecule has 1 aromatic heterocycles. The minimum Gasteiger partial charge on any atom is -0.497 e. The summed E-state index contributed by atoms with van der Waals surface area (Å²) >= 11 is 0. The lowest BCUT2D eigenvalue weighted by Gasteiger charge is -2.36. The van der Waals surface area contributed by atoms with Gasteiger partial charge in [0, 0.05) is 50.3 Å². The summed E-state index contributed by atoms with van der Waals surface area (Å²) in [7, 11) is 1.66. The third-order valence-corrected chi connectivity index (χ3v) is 4.43. The molecule has 6 heteroatoms. The second kappa shape index (κ2) is 8.38. The molecule has 0 aliphatic carbocycles. The summed E-state index contributed by atoms with van der Waals surface area (Å²) in [5.41, 5.74) is 2.49. The van der Waals surface area contributed by atoms with Crippen LogP contribution >= 0.6 is 0 Å². The zero-order valence-electron chi connectivity index (χ0n) is 15.0. The molecular formula is C20H24N4O2. The van der Waals surface area contributed by atoms with E-state index in [0.29, 0.717) is 25.3 Å². The van der Waals surface area contributed by atoms with Crippen molar-refractivity contribution in [3.8, 4) is 5.75 Å². The monoisotopic (exact) mass is 352 g/mol. The average molecular weight is 352 g/mol. The van der Waals surface area contributed by atoms with Gasteiger partial charge in [0.1, 0.15) is 11.4 Å². The summed E-state index contributed by atoms with van der Waals surface area (Å²) < 4.78 is 5.20. The summed E-state index contributed by atoms with van der Waals surface area (Å²) in [5.74, 6) is 0.820. The van der Waals surface area contributed by atoms with Crippen molar-refractivity contribution in [2.24, 2.45) is 0 Å². The highest BCUT2D eigenvalue weighted by molar-refractivity contribution is 5.93. The van der Waals surface area contributed by atoms with Crippen LogP contribution in [-0.2, 0) is 0 Å². The van der Waals surface area contributed by atoms with E-state index in [9.17, 15) is 4.79 Å². The van der Waals surface area contributed by atoms with Gasteiger partial charge in [0.2, 0.25) is 0 Å². The Morgan fingerprint density at radius 1 is 1.23 bits per heavy atom. The second-order valence-corrected chi connectivity index (χ2v) is 6.08. The number of hydrogen-bond donors (Lipinski definition) is 1. The molecule has 1 aromatic carbocycles. The predicted molar refractivity (Wildman–Crippen MR) is 104 cm³/mol. The van der Waals surface area contributed by atoms with Crippen molar-refractivity contribution in [3.05, 3.63) is 60.9 Å². The number of rotatable bonds is 6. The highest BCUT2D eigenvalue weighted by Crippen LogP contribution is 2.21. The van der Waals surface area contributed by atoms with Gasteiger partial charge >= 0.3 is 0 Å². The molecule has 2 aromatic rings. The summed E-state index contributed by atoms with van der Waals surface area (Å²) in [5, 5.41) is 3.18. The Morgan fingerprint density at radius 3 is 2.62 bits per heavy atom. The molecule has 1 amide bonds. The molecule has 3 rings (SSSR count). The highest BCUT2D eigenvalue weighted by atomic mass is 16.5. The summed E-state index contributed by atoms with van der Waals surface area (Å²) in [4.78, 5) is 21.1. The Labute approximate surface area is 154 Å². The van der Waals surface area contributed by atoms with Gasteiger partial charge in [-0.3, -0.25) is 9.78 Å². The number of pyridine rings is 1. The Bertz CT molecular complexity index is 753. The minimum absolute atomic E-state index is 0.0263. The number of hydrogen-bond acceptors (Lipinski definition) is 5. The van der Waals surface area contributed by atoms with E-state index in [1.54, 1.807) is 25.4 Å². The molecule has 1 aliphatic rings. The molecule has 0 atom stereocenters. The third kappa shape index (κ3) is 4.14. The van der Waals surface area contributed by atoms with E-state index in [2.05, 4.69) is 21.8 Å². The molecule has 6 nitrogen and oxygen atoms in total. The van der Waals surface area contributed by atoms with Gasteiger partial charge in [-0.1, -0.05) is 6.08 Å². The lowest BCUT2D eigenvalue weighted by molar-refractivity contribution is 0.0741. The number of carbonyl (C=O) groups excluding carboxylic acids is 1. The third-order valence-electron chi connectivity index (χ3n) is 4.43. The van der Waals surface area contributed by atoms with Crippen molar-refractivity contribution in [1.29, 1.82) is 0 Å². The van der Waals surface area contributed by atoms with E-state index in [0.717, 1.165) is 30.2 Å². The molecule has 26 heavy (non-hydrogen) atoms. The van der Waals surface area contributed by atoms with Crippen molar-refractivity contribution in [3.63, 3.8) is 0 Å². The van der Waals surface area contributed by atoms with Gasteiger partial charge in [-0.25, -0.2) is 0 Å². The van der Waals surface area contributed by atoms with Crippen LogP contribution in [0.3, 0.4) is 0 Å². The molecule has 136 valence electrons. The van der Waals surface area contributed by atoms with Crippen LogP contribution in [0.15, 0.2) is 55.3 Å². The normalized spacial score (nSPS) is 14.0. The molecule has 0 unspecified atom stereocenters. The van der Waals surface area contributed by atoms with Crippen LogP contribution in [0.4, 0.5) is 11.4 Å². The van der Waals surface area contributed by atoms with Crippen LogP contribution in [0, 0.1) is 0 Å². The van der Waals surface area contributed by atoms with Gasteiger partial charge in [-0.2, -0.15) is 0 Å². The Kier molecular flexibility index (Phi) is 5.73. The first-order chi connectivity index (χ1) is 12.7. The summed E-state index contributed by atoms with van der Waals surface area (Å²) in [6.07, 6.45) is 3.44. The van der Waals surface area contributed by atoms with Crippen molar-refractivity contribution < 1.29 is 9.53 Å². The first-order valence-electron chi connectivity index (χ1n) is 8.70. The topological polar surface area (TPSA) is 57.7 Å². The SMILES string of the molecule is C=CCNc1ccnc(C(=O)N2CCN(c3ccc(OC)cc3)CC2)c1. The number of nitrogens with zero attached hydrogens (tertiary/aromatic N) is 3. The number of aromatic nitrogens is 1. The molecule has 0 spiro atoms. The van der Waals surface area contributed by atoms with E-state index in [-0.39, 0.29) is 5.91 Å². The number of carbonyl (C=O) groups is 1. The van der Waals surface area contributed by atoms with Crippen LogP contribution in [-0.4, -0.2) is 55.6 Å². The molecule has 2 heterocycles. The van der Waals surface area contributed by atoms with Crippen molar-refractivity contribution in [1.82, 2.24) is 9.88 Å². The number of benzene rings is 1. The van der Waals surface area contributed by atoms with Crippen LogP contribution in [0.2, 0.25) is 0 Å². The van der Waals surface area contributed by atoms with E-state index in [4.69, 9.17) is 4.74 Å². The minimum atomic E-state index is -0.0263. The van der Waals surface area contributed by atoms with E-state index in [1.807, 2.05) is 35.2 Å². The number of anilines is 2. The lowest BCUT2D eigenvalue weighted by atomic mass is 10.2. The largest absolute Gasteiger partial charge is 0.497 e. The van der Waals surface area contributed by atoms with Crippen molar-refractivity contribution in [2.45, 2.75) is 0 Å². The average Bonchev–Trinajstić information content (AvgIpc) is 2.72. The van der Waals surface area contributed by atoms with E-state index < -0.39 is 0 Å². The number of methoxy groups -OCH3 is 1. The maximum absolute atomic E-state index is 12.7. The quantitative estimate of drug-likeness (QED) is 0.810. The Hall–Kier alpha value is -3.02. The highest BCUT2D eigenvalue weighted by Gasteiger charge is 2.23. The van der Waals surface area contributed by atoms with Crippen LogP contribution in [0.5, 0.6) is 5.75 Å². The first-order valence-corrected chi connectivity index (χ1v) is 8.70. The van der Waals surface area contributed by atoms with Crippen molar-refractivity contribution >= 4 is 17.3 Å². The standard InChI is InChI=1S/C20H24N4O2/c1-3-9-21-16-8-10-22-19(15-16)20(25)24-13-11-23(12-14-24)17-4-6-18(26-2)7-5-17/h3-8,10,15H,1,9,11-14H2,2H3,(H,21,22). The first kappa shape index (κ1) is 17.8. The van der Waals surface area contributed by atoms with Crippen molar-refractivity contribution in [2.75, 3.05) is 50.1 Å². The van der Waals surface area contributed by atoms with Crippen LogP contribution in [0.25, 0.3) is 0 Å². The molecule has 0 radical (unpaired) electrons. The molecule has 0 bridgehead atoms. The molecule has 0 saturated carbocycles. The van der Waals surface area contributed by atoms with Crippen LogP contribution < -0.4 is 15.0 Å². The van der Waals surface area contributed by atoms with Gasteiger partial charge in [0.05, 0.1) is 7.11 Å². The van der Waals surface area contributed by atoms with E-state index >= 15 is 0 Å². The number of nitrogens with one attached hydrogen (secondary N) is 1. The maximum atomic E-state index is 12.7. The number of piperazine rings is 1. The fourth-order valence-electron chi connectivity index (χ4n) is 2.97. The second-order valence-electron chi connectivity index (χ2n) is 6.08. The smallest absolute Gasteiger partial charge is 0.272 e. The molecule has 1 aliphatic heterocycles. The molecule has 1 fully saturated rings. The summed E-state index contributed by atoms with van der Waals surface area (Å²) in [6.45, 7) is 7.29. The Balaban J connectivity index is 1.60. The number of amides is 1. The van der Waals surface area contributed by atoms with Gasteiger partial charge in [0.25, 0.3) is 5.91 Å².